The fourth-order valence-corrected chi connectivity index (χ4v) is 1.69. The van der Waals surface area contributed by atoms with E-state index >= 15 is 0 Å². The summed E-state index contributed by atoms with van der Waals surface area (Å²) in [5.41, 5.74) is -0.918. The van der Waals surface area contributed by atoms with Gasteiger partial charge in [-0.1, -0.05) is 6.07 Å². The summed E-state index contributed by atoms with van der Waals surface area (Å²) >= 11 is 0. The Morgan fingerprint density at radius 3 is 2.47 bits per heavy atom. The zero-order valence-corrected chi connectivity index (χ0v) is 11.5. The van der Waals surface area contributed by atoms with Gasteiger partial charge in [-0.3, -0.25) is 0 Å². The van der Waals surface area contributed by atoms with Gasteiger partial charge in [0.1, 0.15) is 0 Å². The van der Waals surface area contributed by atoms with Crippen LogP contribution in [0.15, 0.2) is 18.2 Å². The molecule has 1 aromatic heterocycles. The van der Waals surface area contributed by atoms with Crippen LogP contribution in [0, 0.1) is 0 Å². The number of aromatic nitrogens is 1. The number of hydrogen-bond acceptors (Lipinski definition) is 4. The molecule has 0 saturated carbocycles. The van der Waals surface area contributed by atoms with Crippen molar-refractivity contribution in [2.45, 2.75) is 58.7 Å². The summed E-state index contributed by atoms with van der Waals surface area (Å²) in [7, 11) is -0.829. The second-order valence-corrected chi connectivity index (χ2v) is 5.42. The van der Waals surface area contributed by atoms with Crippen LogP contribution in [-0.4, -0.2) is 29.4 Å². The van der Waals surface area contributed by atoms with E-state index in [-0.39, 0.29) is 5.88 Å². The molecule has 0 spiro atoms. The van der Waals surface area contributed by atoms with Gasteiger partial charge in [-0.05, 0) is 47.5 Å². The molecule has 19 heavy (non-hydrogen) atoms. The van der Waals surface area contributed by atoms with Crippen molar-refractivity contribution in [1.29, 1.82) is 0 Å². The van der Waals surface area contributed by atoms with Gasteiger partial charge in [-0.2, -0.15) is 0 Å². The summed E-state index contributed by atoms with van der Waals surface area (Å²) in [6.45, 7) is 1.05. The number of hydrogen-bond donors (Lipinski definition) is 0. The van der Waals surface area contributed by atoms with Gasteiger partial charge in [0.15, 0.2) is 0 Å². The average molecular weight is 270 g/mol. The van der Waals surface area contributed by atoms with Crippen LogP contribution >= 0.6 is 0 Å². The lowest BCUT2D eigenvalue weighted by molar-refractivity contribution is 0.00578. The molecule has 0 N–H and O–H groups in total. The molecule has 2 heterocycles. The molecule has 0 aromatic carbocycles. The Bertz CT molecular complexity index is 645. The molecule has 1 aliphatic heterocycles. The predicted molar refractivity (Wildman–Crippen MR) is 75.7 cm³/mol. The van der Waals surface area contributed by atoms with Gasteiger partial charge in [0.2, 0.25) is 5.88 Å². The van der Waals surface area contributed by atoms with E-state index in [1.165, 1.54) is 12.1 Å². The normalized spacial score (nSPS) is 28.2. The zero-order valence-electron chi connectivity index (χ0n) is 18.5. The van der Waals surface area contributed by atoms with Crippen LogP contribution < -0.4 is 10.3 Å². The predicted octanol–water partition coefficient (Wildman–Crippen LogP) is 2.17. The lowest BCUT2D eigenvalue weighted by Gasteiger charge is -2.32. The molecule has 1 fully saturated rings. The van der Waals surface area contributed by atoms with Gasteiger partial charge in [0, 0.05) is 14.3 Å². The second kappa shape index (κ2) is 4.80. The lowest BCUT2D eigenvalue weighted by atomic mass is 9.84. The summed E-state index contributed by atoms with van der Waals surface area (Å²) in [6.07, 6.45) is -3.15. The molecule has 0 bridgehead atoms. The molecule has 0 radical (unpaired) electrons. The van der Waals surface area contributed by atoms with Gasteiger partial charge in [0.25, 0.3) is 0 Å². The van der Waals surface area contributed by atoms with Crippen LogP contribution in [0.4, 0.5) is 0 Å². The highest BCUT2D eigenvalue weighted by atomic mass is 16.7. The maximum absolute atomic E-state index is 7.92. The van der Waals surface area contributed by atoms with Gasteiger partial charge >= 0.3 is 7.12 Å². The Morgan fingerprint density at radius 1 is 1.26 bits per heavy atom. The molecule has 0 amide bonds. The van der Waals surface area contributed by atoms with Crippen molar-refractivity contribution < 1.29 is 23.6 Å². The summed E-state index contributed by atoms with van der Waals surface area (Å²) in [6, 6.07) is 4.38. The summed E-state index contributed by atoms with van der Waals surface area (Å²) < 4.78 is 69.1. The third kappa shape index (κ3) is 2.93. The van der Waals surface area contributed by atoms with Crippen molar-refractivity contribution in [2.24, 2.45) is 0 Å². The third-order valence-corrected chi connectivity index (χ3v) is 3.45. The highest BCUT2D eigenvalue weighted by Gasteiger charge is 2.52. The molecular weight excluding hydrogens is 241 g/mol. The van der Waals surface area contributed by atoms with E-state index in [0.29, 0.717) is 5.59 Å². The van der Waals surface area contributed by atoms with E-state index in [1.807, 2.05) is 27.7 Å². The number of ether oxygens (including phenoxy) is 1. The van der Waals surface area contributed by atoms with Gasteiger partial charge in [-0.15, -0.1) is 0 Å². The minimum Gasteiger partial charge on any atom is -0.475 e. The van der Waals surface area contributed by atoms with Gasteiger partial charge in [0.05, 0.1) is 24.2 Å². The summed E-state index contributed by atoms with van der Waals surface area (Å²) in [4.78, 5) is 4.11. The topological polar surface area (TPSA) is 40.6 Å². The first kappa shape index (κ1) is 7.65. The first-order valence-corrected chi connectivity index (χ1v) is 6.02. The quantitative estimate of drug-likeness (QED) is 0.789. The Hall–Kier alpha value is -1.07. The molecule has 4 nitrogen and oxygen atoms in total. The summed E-state index contributed by atoms with van der Waals surface area (Å²) in [5, 5.41) is 0. The highest BCUT2D eigenvalue weighted by Crippen LogP contribution is 2.36. The first-order chi connectivity index (χ1) is 11.5. The van der Waals surface area contributed by atoms with E-state index in [1.54, 1.807) is 6.07 Å². The molecule has 1 saturated heterocycles. The van der Waals surface area contributed by atoms with E-state index < -0.39 is 38.1 Å². The monoisotopic (exact) mass is 270 g/mol. The fourth-order valence-electron chi connectivity index (χ4n) is 1.69. The Kier molecular flexibility index (Phi) is 1.93. The minimum atomic E-state index is -3.21. The SMILES string of the molecule is [2H]C([2H])([2H])C([2H])(Oc1cccc(B2OC(C)(C)C(C)(C)O2)n1)C([2H])([2H])[2H]. The smallest absolute Gasteiger partial charge is 0.475 e. The van der Waals surface area contributed by atoms with Crippen LogP contribution in [0.2, 0.25) is 0 Å². The minimum absolute atomic E-state index is 0.291. The average Bonchev–Trinajstić information content (AvgIpc) is 2.65. The molecular formula is C14H22BNO3. The molecule has 0 atom stereocenters. The molecule has 5 heteroatoms. The fraction of sp³-hybridized carbons (Fsp3) is 0.643. The van der Waals surface area contributed by atoms with Crippen LogP contribution in [0.5, 0.6) is 5.88 Å². The Labute approximate surface area is 125 Å². The highest BCUT2D eigenvalue weighted by molar-refractivity contribution is 6.61. The van der Waals surface area contributed by atoms with Crippen molar-refractivity contribution in [3.63, 3.8) is 0 Å². The van der Waals surface area contributed by atoms with E-state index in [2.05, 4.69) is 4.98 Å². The first-order valence-electron chi connectivity index (χ1n) is 9.52. The van der Waals surface area contributed by atoms with Crippen molar-refractivity contribution in [3.05, 3.63) is 18.2 Å². The third-order valence-electron chi connectivity index (χ3n) is 3.45. The van der Waals surface area contributed by atoms with Crippen molar-refractivity contribution >= 4 is 12.7 Å². The Balaban J connectivity index is 2.33. The van der Waals surface area contributed by atoms with E-state index in [9.17, 15) is 0 Å². The molecule has 2 rings (SSSR count). The van der Waals surface area contributed by atoms with E-state index in [4.69, 9.17) is 23.6 Å². The number of rotatable bonds is 3. The second-order valence-electron chi connectivity index (χ2n) is 5.42. The van der Waals surface area contributed by atoms with Crippen molar-refractivity contribution in [1.82, 2.24) is 4.98 Å². The van der Waals surface area contributed by atoms with Gasteiger partial charge < -0.3 is 14.0 Å². The molecule has 0 aliphatic carbocycles. The maximum Gasteiger partial charge on any atom is 0.514 e. The van der Waals surface area contributed by atoms with Crippen molar-refractivity contribution in [3.8, 4) is 5.88 Å². The molecule has 104 valence electrons. The molecule has 0 unspecified atom stereocenters. The van der Waals surface area contributed by atoms with Crippen LogP contribution in [0.1, 0.15) is 51.0 Å². The number of nitrogens with zero attached hydrogens (tertiary/aromatic N) is 1. The van der Waals surface area contributed by atoms with Crippen LogP contribution in [-0.2, 0) is 9.31 Å². The maximum atomic E-state index is 7.92. The van der Waals surface area contributed by atoms with E-state index in [0.717, 1.165) is 0 Å². The van der Waals surface area contributed by atoms with Crippen LogP contribution in [0.25, 0.3) is 0 Å². The lowest BCUT2D eigenvalue weighted by Crippen LogP contribution is -2.41. The zero-order chi connectivity index (χ0) is 20.2. The van der Waals surface area contributed by atoms with Crippen LogP contribution in [0.3, 0.4) is 0 Å². The standard InChI is InChI=1S/C14H22BNO3/c1-10(2)17-12-9-7-8-11(16-12)15-18-13(3,4)14(5,6)19-15/h7-10H,1-6H3/i1D3,2D3,10D. The number of pyridine rings is 1. The van der Waals surface area contributed by atoms with Gasteiger partial charge in [-0.25, -0.2) is 4.98 Å². The molecule has 1 aliphatic rings. The summed E-state index contributed by atoms with van der Waals surface area (Å²) in [5.74, 6) is -0.306. The van der Waals surface area contributed by atoms with Crippen molar-refractivity contribution in [2.75, 3.05) is 0 Å². The molecule has 1 aromatic rings. The largest absolute Gasteiger partial charge is 0.514 e. The Morgan fingerprint density at radius 2 is 1.89 bits per heavy atom.